The third-order valence-electron chi connectivity index (χ3n) is 4.31. The number of anilines is 1. The number of hydrogen-bond donors (Lipinski definition) is 1. The zero-order chi connectivity index (χ0) is 20.5. The van der Waals surface area contributed by atoms with Crippen molar-refractivity contribution in [3.63, 3.8) is 0 Å². The normalized spacial score (nSPS) is 11.0. The van der Waals surface area contributed by atoms with Gasteiger partial charge in [0, 0.05) is 11.3 Å². The van der Waals surface area contributed by atoms with Crippen molar-refractivity contribution >= 4 is 34.3 Å². The molecule has 4 rings (SSSR count). The van der Waals surface area contributed by atoms with Gasteiger partial charge in [0.1, 0.15) is 29.8 Å². The van der Waals surface area contributed by atoms with Gasteiger partial charge in [0.25, 0.3) is 11.3 Å². The largest absolute Gasteiger partial charge is 0.335 e. The van der Waals surface area contributed by atoms with E-state index in [-0.39, 0.29) is 22.7 Å². The van der Waals surface area contributed by atoms with E-state index in [0.29, 0.717) is 16.9 Å². The molecule has 4 aromatic rings. The Hall–Kier alpha value is -3.52. The second kappa shape index (κ2) is 7.48. The maximum absolute atomic E-state index is 13.2. The molecule has 2 aromatic heterocycles. The Labute approximate surface area is 168 Å². The molecule has 0 unspecified atom stereocenters. The highest BCUT2D eigenvalue weighted by Gasteiger charge is 2.18. The standard InChI is InChI=1S/C20H14ClFN4O3/c1-11-2-4-12(5-3-11)18-17-19(29-25-18)23-10-26(20(17)28)9-16(27)24-13-6-7-15(22)14(21)8-13/h2-8,10H,9H2,1H3,(H,24,27). The third-order valence-corrected chi connectivity index (χ3v) is 4.60. The highest BCUT2D eigenvalue weighted by atomic mass is 35.5. The van der Waals surface area contributed by atoms with Gasteiger partial charge in [-0.3, -0.25) is 14.2 Å². The first-order valence-electron chi connectivity index (χ1n) is 8.59. The fraction of sp³-hybridized carbons (Fsp3) is 0.100. The van der Waals surface area contributed by atoms with Gasteiger partial charge in [0.15, 0.2) is 0 Å². The Kier molecular flexibility index (Phi) is 4.85. The molecule has 0 saturated carbocycles. The molecule has 0 spiro atoms. The molecular weight excluding hydrogens is 399 g/mol. The summed E-state index contributed by atoms with van der Waals surface area (Å²) in [5.74, 6) is -1.09. The summed E-state index contributed by atoms with van der Waals surface area (Å²) in [6, 6.07) is 11.2. The lowest BCUT2D eigenvalue weighted by molar-refractivity contribution is -0.116. The van der Waals surface area contributed by atoms with E-state index in [2.05, 4.69) is 15.5 Å². The van der Waals surface area contributed by atoms with E-state index < -0.39 is 17.3 Å². The second-order valence-corrected chi connectivity index (χ2v) is 6.84. The topological polar surface area (TPSA) is 90.0 Å². The molecule has 2 aromatic carbocycles. The van der Waals surface area contributed by atoms with Gasteiger partial charge in [0.05, 0.1) is 5.02 Å². The van der Waals surface area contributed by atoms with Crippen molar-refractivity contribution in [1.82, 2.24) is 14.7 Å². The molecule has 29 heavy (non-hydrogen) atoms. The molecule has 1 amide bonds. The van der Waals surface area contributed by atoms with E-state index >= 15 is 0 Å². The quantitative estimate of drug-likeness (QED) is 0.550. The second-order valence-electron chi connectivity index (χ2n) is 6.43. The average molecular weight is 413 g/mol. The maximum atomic E-state index is 13.2. The summed E-state index contributed by atoms with van der Waals surface area (Å²) in [7, 11) is 0. The molecule has 0 atom stereocenters. The molecule has 0 radical (unpaired) electrons. The lowest BCUT2D eigenvalue weighted by Crippen LogP contribution is -2.27. The molecule has 0 aliphatic heterocycles. The molecule has 7 nitrogen and oxygen atoms in total. The van der Waals surface area contributed by atoms with Crippen LogP contribution in [0.3, 0.4) is 0 Å². The van der Waals surface area contributed by atoms with Crippen LogP contribution < -0.4 is 10.9 Å². The van der Waals surface area contributed by atoms with Crippen molar-refractivity contribution in [3.05, 3.63) is 75.5 Å². The number of hydrogen-bond acceptors (Lipinski definition) is 5. The zero-order valence-corrected chi connectivity index (χ0v) is 15.9. The maximum Gasteiger partial charge on any atom is 0.267 e. The van der Waals surface area contributed by atoms with Crippen LogP contribution in [0, 0.1) is 12.7 Å². The molecule has 1 N–H and O–H groups in total. The van der Waals surface area contributed by atoms with Gasteiger partial charge in [0.2, 0.25) is 5.91 Å². The molecule has 0 aliphatic carbocycles. The van der Waals surface area contributed by atoms with Crippen molar-refractivity contribution in [2.75, 3.05) is 5.32 Å². The van der Waals surface area contributed by atoms with Crippen molar-refractivity contribution < 1.29 is 13.7 Å². The molecular formula is C20H14ClFN4O3. The average Bonchev–Trinajstić information content (AvgIpc) is 3.12. The first-order valence-corrected chi connectivity index (χ1v) is 8.97. The SMILES string of the molecule is Cc1ccc(-c2noc3ncn(CC(=O)Nc4ccc(F)c(Cl)c4)c(=O)c23)cc1. The Morgan fingerprint density at radius 1 is 1.24 bits per heavy atom. The summed E-state index contributed by atoms with van der Waals surface area (Å²) in [4.78, 5) is 29.3. The first kappa shape index (κ1) is 18.8. The number of aryl methyl sites for hydroxylation is 1. The van der Waals surface area contributed by atoms with E-state index in [4.69, 9.17) is 16.1 Å². The van der Waals surface area contributed by atoms with E-state index in [9.17, 15) is 14.0 Å². The van der Waals surface area contributed by atoms with E-state index in [1.54, 1.807) is 0 Å². The number of benzene rings is 2. The number of carbonyl (C=O) groups excluding carboxylic acids is 1. The Morgan fingerprint density at radius 3 is 2.72 bits per heavy atom. The number of rotatable bonds is 4. The number of carbonyl (C=O) groups is 1. The summed E-state index contributed by atoms with van der Waals surface area (Å²) in [6.07, 6.45) is 1.21. The van der Waals surface area contributed by atoms with Gasteiger partial charge < -0.3 is 9.84 Å². The highest BCUT2D eigenvalue weighted by Crippen LogP contribution is 2.24. The number of fused-ring (bicyclic) bond motifs is 1. The smallest absolute Gasteiger partial charge is 0.267 e. The molecule has 9 heteroatoms. The molecule has 0 aliphatic rings. The lowest BCUT2D eigenvalue weighted by Gasteiger charge is -2.08. The van der Waals surface area contributed by atoms with Gasteiger partial charge >= 0.3 is 0 Å². The van der Waals surface area contributed by atoms with Crippen molar-refractivity contribution in [2.24, 2.45) is 0 Å². The van der Waals surface area contributed by atoms with Crippen LogP contribution in [0.15, 0.2) is 58.1 Å². The van der Waals surface area contributed by atoms with Crippen LogP contribution in [-0.2, 0) is 11.3 Å². The van der Waals surface area contributed by atoms with E-state index in [0.717, 1.165) is 16.2 Å². The van der Waals surface area contributed by atoms with Crippen molar-refractivity contribution in [3.8, 4) is 11.3 Å². The van der Waals surface area contributed by atoms with Crippen LogP contribution in [0.2, 0.25) is 5.02 Å². The molecule has 0 fully saturated rings. The number of aromatic nitrogens is 3. The molecule has 146 valence electrons. The van der Waals surface area contributed by atoms with Gasteiger partial charge in [-0.25, -0.2) is 9.37 Å². The summed E-state index contributed by atoms with van der Waals surface area (Å²) < 4.78 is 19.6. The monoisotopic (exact) mass is 412 g/mol. The lowest BCUT2D eigenvalue weighted by atomic mass is 10.1. The highest BCUT2D eigenvalue weighted by molar-refractivity contribution is 6.31. The van der Waals surface area contributed by atoms with Gasteiger partial charge in [-0.2, -0.15) is 0 Å². The number of nitrogens with one attached hydrogen (secondary N) is 1. The number of amides is 1. The van der Waals surface area contributed by atoms with Gasteiger partial charge in [-0.1, -0.05) is 46.6 Å². The van der Waals surface area contributed by atoms with Crippen molar-refractivity contribution in [2.45, 2.75) is 13.5 Å². The Balaban J connectivity index is 1.64. The summed E-state index contributed by atoms with van der Waals surface area (Å²) in [5.41, 5.74) is 2.07. The molecule has 0 bridgehead atoms. The van der Waals surface area contributed by atoms with Crippen LogP contribution in [0.25, 0.3) is 22.4 Å². The van der Waals surface area contributed by atoms with Crippen LogP contribution in [-0.4, -0.2) is 20.6 Å². The predicted octanol–water partition coefficient (Wildman–Crippen LogP) is 3.79. The fourth-order valence-electron chi connectivity index (χ4n) is 2.83. The Morgan fingerprint density at radius 2 is 2.00 bits per heavy atom. The predicted molar refractivity (Wildman–Crippen MR) is 106 cm³/mol. The summed E-state index contributed by atoms with van der Waals surface area (Å²) >= 11 is 5.71. The van der Waals surface area contributed by atoms with Crippen molar-refractivity contribution in [1.29, 1.82) is 0 Å². The summed E-state index contributed by atoms with van der Waals surface area (Å²) in [5, 5.41) is 6.60. The zero-order valence-electron chi connectivity index (χ0n) is 15.1. The fourth-order valence-corrected chi connectivity index (χ4v) is 3.01. The van der Waals surface area contributed by atoms with E-state index in [1.807, 2.05) is 31.2 Å². The Bertz CT molecular complexity index is 1280. The molecule has 0 saturated heterocycles. The minimum Gasteiger partial charge on any atom is -0.335 e. The summed E-state index contributed by atoms with van der Waals surface area (Å²) in [6.45, 7) is 1.65. The minimum absolute atomic E-state index is 0.0903. The van der Waals surface area contributed by atoms with Crippen LogP contribution in [0.5, 0.6) is 0 Å². The van der Waals surface area contributed by atoms with Gasteiger partial charge in [-0.05, 0) is 25.1 Å². The number of nitrogens with zero attached hydrogens (tertiary/aromatic N) is 3. The first-order chi connectivity index (χ1) is 13.9. The third kappa shape index (κ3) is 3.74. The van der Waals surface area contributed by atoms with Crippen LogP contribution in [0.4, 0.5) is 10.1 Å². The minimum atomic E-state index is -0.591. The number of halogens is 2. The van der Waals surface area contributed by atoms with Gasteiger partial charge in [-0.15, -0.1) is 0 Å². The molecule has 2 heterocycles. The van der Waals surface area contributed by atoms with Crippen LogP contribution in [0.1, 0.15) is 5.56 Å². The van der Waals surface area contributed by atoms with Crippen LogP contribution >= 0.6 is 11.6 Å². The van der Waals surface area contributed by atoms with E-state index in [1.165, 1.54) is 18.5 Å².